The summed E-state index contributed by atoms with van der Waals surface area (Å²) >= 11 is 0. The van der Waals surface area contributed by atoms with Crippen molar-refractivity contribution < 1.29 is 4.48 Å². The second-order valence-corrected chi connectivity index (χ2v) is 9.70. The van der Waals surface area contributed by atoms with Gasteiger partial charge in [0.25, 0.3) is 0 Å². The first-order chi connectivity index (χ1) is 11.1. The van der Waals surface area contributed by atoms with Crippen LogP contribution in [0.15, 0.2) is 0 Å². The van der Waals surface area contributed by atoms with Gasteiger partial charge in [-0.3, -0.25) is 4.90 Å². The SMILES string of the molecule is CCCC[N+](CCCC)(CCCC)C1CC(C)(C)N(C)C(C)(C)C1. The highest BCUT2D eigenvalue weighted by Crippen LogP contribution is 2.41. The molecule has 0 aliphatic carbocycles. The zero-order valence-corrected chi connectivity index (χ0v) is 18.2. The van der Waals surface area contributed by atoms with Crippen LogP contribution in [-0.2, 0) is 0 Å². The molecule has 1 saturated heterocycles. The van der Waals surface area contributed by atoms with Crippen molar-refractivity contribution >= 4 is 0 Å². The van der Waals surface area contributed by atoms with Crippen LogP contribution in [0.3, 0.4) is 0 Å². The largest absolute Gasteiger partial charge is 0.321 e. The Balaban J connectivity index is 3.13. The Kier molecular flexibility index (Phi) is 8.26. The number of hydrogen-bond acceptors (Lipinski definition) is 1. The lowest BCUT2D eigenvalue weighted by atomic mass is 9.75. The fraction of sp³-hybridized carbons (Fsp3) is 1.00. The lowest BCUT2D eigenvalue weighted by molar-refractivity contribution is -0.954. The van der Waals surface area contributed by atoms with Crippen molar-refractivity contribution in [1.82, 2.24) is 4.90 Å². The standard InChI is InChI=1S/C22H47N2/c1-9-12-15-24(16-13-10-2,17-14-11-3)20-18-21(4,5)23(8)22(6,7)19-20/h20H,9-19H2,1-8H3/q+1. The molecule has 2 heteroatoms. The van der Waals surface area contributed by atoms with E-state index in [1.54, 1.807) is 0 Å². The molecule has 1 rings (SSSR count). The van der Waals surface area contributed by atoms with Crippen molar-refractivity contribution in [2.45, 2.75) is 117 Å². The molecule has 0 amide bonds. The first-order valence-corrected chi connectivity index (χ1v) is 10.7. The molecular weight excluding hydrogens is 292 g/mol. The fourth-order valence-corrected chi connectivity index (χ4v) is 5.01. The van der Waals surface area contributed by atoms with Crippen LogP contribution in [0, 0.1) is 0 Å². The fourth-order valence-electron chi connectivity index (χ4n) is 5.01. The number of piperidine rings is 1. The Morgan fingerprint density at radius 2 is 1.08 bits per heavy atom. The summed E-state index contributed by atoms with van der Waals surface area (Å²) in [5, 5.41) is 0. The molecule has 1 fully saturated rings. The van der Waals surface area contributed by atoms with Gasteiger partial charge in [0.2, 0.25) is 0 Å². The maximum Gasteiger partial charge on any atom is 0.0925 e. The Morgan fingerprint density at radius 1 is 0.750 bits per heavy atom. The summed E-state index contributed by atoms with van der Waals surface area (Å²) in [6, 6.07) is 0.829. The topological polar surface area (TPSA) is 3.24 Å². The highest BCUT2D eigenvalue weighted by Gasteiger charge is 2.50. The van der Waals surface area contributed by atoms with E-state index in [4.69, 9.17) is 0 Å². The number of unbranched alkanes of at least 4 members (excludes halogenated alkanes) is 3. The van der Waals surface area contributed by atoms with Crippen LogP contribution in [0.4, 0.5) is 0 Å². The van der Waals surface area contributed by atoms with Gasteiger partial charge < -0.3 is 4.48 Å². The first-order valence-electron chi connectivity index (χ1n) is 10.7. The molecule has 0 unspecified atom stereocenters. The normalized spacial score (nSPS) is 22.0. The third-order valence-electron chi connectivity index (χ3n) is 6.93. The average molecular weight is 340 g/mol. The molecule has 1 aliphatic heterocycles. The third kappa shape index (κ3) is 5.21. The summed E-state index contributed by atoms with van der Waals surface area (Å²) in [6.07, 6.45) is 10.9. The van der Waals surface area contributed by atoms with Gasteiger partial charge in [0, 0.05) is 23.9 Å². The Hall–Kier alpha value is -0.0800. The van der Waals surface area contributed by atoms with Gasteiger partial charge in [-0.2, -0.15) is 0 Å². The molecule has 2 nitrogen and oxygen atoms in total. The van der Waals surface area contributed by atoms with Crippen LogP contribution in [0.2, 0.25) is 0 Å². The Morgan fingerprint density at radius 3 is 1.38 bits per heavy atom. The molecule has 0 radical (unpaired) electrons. The van der Waals surface area contributed by atoms with Crippen LogP contribution < -0.4 is 0 Å². The van der Waals surface area contributed by atoms with Crippen molar-refractivity contribution in [1.29, 1.82) is 0 Å². The van der Waals surface area contributed by atoms with E-state index in [0.29, 0.717) is 11.1 Å². The second-order valence-electron chi connectivity index (χ2n) is 9.70. The van der Waals surface area contributed by atoms with Crippen LogP contribution in [0.1, 0.15) is 99.8 Å². The highest BCUT2D eigenvalue weighted by molar-refractivity contribution is 4.99. The maximum atomic E-state index is 2.64. The third-order valence-corrected chi connectivity index (χ3v) is 6.93. The smallest absolute Gasteiger partial charge is 0.0925 e. The quantitative estimate of drug-likeness (QED) is 0.451. The minimum absolute atomic E-state index is 0.306. The van der Waals surface area contributed by atoms with E-state index in [9.17, 15) is 0 Å². The molecule has 24 heavy (non-hydrogen) atoms. The van der Waals surface area contributed by atoms with E-state index in [-0.39, 0.29) is 0 Å². The van der Waals surface area contributed by atoms with Crippen molar-refractivity contribution in [2.24, 2.45) is 0 Å². The summed E-state index contributed by atoms with van der Waals surface area (Å²) < 4.78 is 1.40. The Bertz CT molecular complexity index is 319. The van der Waals surface area contributed by atoms with Crippen molar-refractivity contribution in [3.8, 4) is 0 Å². The van der Waals surface area contributed by atoms with E-state index in [1.165, 1.54) is 75.5 Å². The molecule has 0 saturated carbocycles. The van der Waals surface area contributed by atoms with Crippen LogP contribution in [0.25, 0.3) is 0 Å². The average Bonchev–Trinajstić information content (AvgIpc) is 2.51. The minimum atomic E-state index is 0.306. The predicted octanol–water partition coefficient (Wildman–Crippen LogP) is 5.85. The molecule has 0 spiro atoms. The molecule has 0 aromatic carbocycles. The van der Waals surface area contributed by atoms with Gasteiger partial charge >= 0.3 is 0 Å². The molecule has 0 N–H and O–H groups in total. The summed E-state index contributed by atoms with van der Waals surface area (Å²) in [4.78, 5) is 2.64. The first kappa shape index (κ1) is 22.0. The molecule has 0 bridgehead atoms. The van der Waals surface area contributed by atoms with Gasteiger partial charge in [-0.25, -0.2) is 0 Å². The van der Waals surface area contributed by atoms with E-state index in [2.05, 4.69) is 60.4 Å². The molecular formula is C22H47N2+. The second kappa shape index (κ2) is 9.03. The zero-order valence-electron chi connectivity index (χ0n) is 18.2. The number of rotatable bonds is 10. The molecule has 1 aliphatic rings. The van der Waals surface area contributed by atoms with Crippen molar-refractivity contribution in [3.05, 3.63) is 0 Å². The van der Waals surface area contributed by atoms with Crippen LogP contribution in [-0.4, -0.2) is 53.2 Å². The van der Waals surface area contributed by atoms with Crippen LogP contribution in [0.5, 0.6) is 0 Å². The van der Waals surface area contributed by atoms with Crippen molar-refractivity contribution in [2.75, 3.05) is 26.7 Å². The molecule has 0 aromatic rings. The monoisotopic (exact) mass is 339 g/mol. The molecule has 144 valence electrons. The van der Waals surface area contributed by atoms with E-state index >= 15 is 0 Å². The Labute approximate surface area is 153 Å². The lowest BCUT2D eigenvalue weighted by Gasteiger charge is -2.58. The predicted molar refractivity (Wildman–Crippen MR) is 109 cm³/mol. The number of nitrogens with zero attached hydrogens (tertiary/aromatic N) is 2. The van der Waals surface area contributed by atoms with E-state index in [0.717, 1.165) is 6.04 Å². The van der Waals surface area contributed by atoms with Gasteiger partial charge in [0.05, 0.1) is 25.7 Å². The van der Waals surface area contributed by atoms with Gasteiger partial charge in [-0.1, -0.05) is 40.0 Å². The van der Waals surface area contributed by atoms with E-state index in [1.807, 2.05) is 0 Å². The van der Waals surface area contributed by atoms with Crippen LogP contribution >= 0.6 is 0 Å². The summed E-state index contributed by atoms with van der Waals surface area (Å²) in [6.45, 7) is 21.1. The summed E-state index contributed by atoms with van der Waals surface area (Å²) in [5.41, 5.74) is 0.612. The number of likely N-dealkylation sites (tertiary alicyclic amines) is 1. The van der Waals surface area contributed by atoms with Gasteiger partial charge in [-0.15, -0.1) is 0 Å². The van der Waals surface area contributed by atoms with Gasteiger partial charge in [0.1, 0.15) is 0 Å². The zero-order chi connectivity index (χ0) is 18.4. The maximum absolute atomic E-state index is 2.64. The lowest BCUT2D eigenvalue weighted by Crippen LogP contribution is -2.68. The molecule has 1 heterocycles. The molecule has 0 atom stereocenters. The summed E-state index contributed by atoms with van der Waals surface area (Å²) in [7, 11) is 2.34. The summed E-state index contributed by atoms with van der Waals surface area (Å²) in [5.74, 6) is 0. The van der Waals surface area contributed by atoms with Gasteiger partial charge in [0.15, 0.2) is 0 Å². The van der Waals surface area contributed by atoms with Gasteiger partial charge in [-0.05, 0) is 54.0 Å². The highest BCUT2D eigenvalue weighted by atomic mass is 15.4. The minimum Gasteiger partial charge on any atom is -0.321 e. The molecule has 0 aromatic heterocycles. The van der Waals surface area contributed by atoms with Crippen molar-refractivity contribution in [3.63, 3.8) is 0 Å². The number of hydrogen-bond donors (Lipinski definition) is 0. The van der Waals surface area contributed by atoms with E-state index < -0.39 is 0 Å². The number of quaternary nitrogens is 1.